The van der Waals surface area contributed by atoms with Gasteiger partial charge < -0.3 is 10.5 Å². The molecule has 0 amide bonds. The van der Waals surface area contributed by atoms with Crippen molar-refractivity contribution in [3.8, 4) is 11.6 Å². The standard InChI is InChI=1S/C12H12Cl2N4O/c1-6-10(11(15)16)12(18(2)17-6)19-9-5-7(13)3-4-8(9)14/h3-5H,1-2H3,(H3,15,16). The summed E-state index contributed by atoms with van der Waals surface area (Å²) in [7, 11) is 1.70. The summed E-state index contributed by atoms with van der Waals surface area (Å²) in [6, 6.07) is 4.89. The highest BCUT2D eigenvalue weighted by Crippen LogP contribution is 2.33. The predicted octanol–water partition coefficient (Wildman–Crippen LogP) is 3.11. The summed E-state index contributed by atoms with van der Waals surface area (Å²) in [4.78, 5) is 0. The van der Waals surface area contributed by atoms with Gasteiger partial charge in [0.1, 0.15) is 17.1 Å². The third-order valence-electron chi connectivity index (χ3n) is 2.54. The maximum Gasteiger partial charge on any atom is 0.228 e. The van der Waals surface area contributed by atoms with Crippen molar-refractivity contribution in [2.45, 2.75) is 6.92 Å². The highest BCUT2D eigenvalue weighted by Gasteiger charge is 2.19. The van der Waals surface area contributed by atoms with Crippen LogP contribution in [0.15, 0.2) is 18.2 Å². The number of nitrogens with two attached hydrogens (primary N) is 1. The Balaban J connectivity index is 2.49. The average Bonchev–Trinajstić information content (AvgIpc) is 2.59. The van der Waals surface area contributed by atoms with Gasteiger partial charge in [0, 0.05) is 18.1 Å². The van der Waals surface area contributed by atoms with E-state index in [0.717, 1.165) is 0 Å². The molecule has 0 saturated heterocycles. The van der Waals surface area contributed by atoms with Crippen molar-refractivity contribution in [2.24, 2.45) is 12.8 Å². The molecular weight excluding hydrogens is 287 g/mol. The quantitative estimate of drug-likeness (QED) is 0.675. The Labute approximate surface area is 120 Å². The van der Waals surface area contributed by atoms with Crippen molar-refractivity contribution in [1.82, 2.24) is 9.78 Å². The van der Waals surface area contributed by atoms with Crippen LogP contribution in [0.25, 0.3) is 0 Å². The lowest BCUT2D eigenvalue weighted by atomic mass is 10.2. The monoisotopic (exact) mass is 298 g/mol. The first kappa shape index (κ1) is 13.7. The summed E-state index contributed by atoms with van der Waals surface area (Å²) >= 11 is 11.9. The molecule has 0 unspecified atom stereocenters. The minimum Gasteiger partial charge on any atom is -0.437 e. The van der Waals surface area contributed by atoms with E-state index in [1.165, 1.54) is 4.68 Å². The first-order valence-corrected chi connectivity index (χ1v) is 6.16. The molecule has 0 spiro atoms. The molecule has 0 fully saturated rings. The third-order valence-corrected chi connectivity index (χ3v) is 3.09. The summed E-state index contributed by atoms with van der Waals surface area (Å²) in [5.74, 6) is 0.632. The van der Waals surface area contributed by atoms with E-state index < -0.39 is 0 Å². The lowest BCUT2D eigenvalue weighted by molar-refractivity contribution is 0.430. The zero-order valence-corrected chi connectivity index (χ0v) is 11.9. The molecule has 1 heterocycles. The number of halogens is 2. The van der Waals surface area contributed by atoms with Crippen molar-refractivity contribution in [2.75, 3.05) is 0 Å². The van der Waals surface area contributed by atoms with Gasteiger partial charge in [-0.15, -0.1) is 0 Å². The number of nitrogens with zero attached hydrogens (tertiary/aromatic N) is 2. The van der Waals surface area contributed by atoms with Gasteiger partial charge >= 0.3 is 0 Å². The van der Waals surface area contributed by atoms with E-state index >= 15 is 0 Å². The van der Waals surface area contributed by atoms with Gasteiger partial charge in [-0.2, -0.15) is 5.10 Å². The lowest BCUT2D eigenvalue weighted by Crippen LogP contribution is -2.13. The fourth-order valence-corrected chi connectivity index (χ4v) is 2.04. The largest absolute Gasteiger partial charge is 0.437 e. The molecular formula is C12H12Cl2N4O. The molecule has 3 N–H and O–H groups in total. The number of hydrogen-bond acceptors (Lipinski definition) is 3. The number of aryl methyl sites for hydroxylation is 2. The molecule has 0 radical (unpaired) electrons. The summed E-state index contributed by atoms with van der Waals surface area (Å²) in [5, 5.41) is 12.7. The number of nitrogens with one attached hydrogen (secondary N) is 1. The van der Waals surface area contributed by atoms with E-state index in [-0.39, 0.29) is 5.84 Å². The van der Waals surface area contributed by atoms with Crippen molar-refractivity contribution >= 4 is 29.0 Å². The van der Waals surface area contributed by atoms with Crippen molar-refractivity contribution < 1.29 is 4.74 Å². The van der Waals surface area contributed by atoms with Crippen LogP contribution in [0.4, 0.5) is 0 Å². The molecule has 1 aromatic heterocycles. The molecule has 0 aliphatic carbocycles. The van der Waals surface area contributed by atoms with Crippen LogP contribution in [-0.4, -0.2) is 15.6 Å². The molecule has 7 heteroatoms. The summed E-state index contributed by atoms with van der Waals surface area (Å²) in [6.45, 7) is 1.75. The van der Waals surface area contributed by atoms with E-state index in [1.54, 1.807) is 32.2 Å². The zero-order chi connectivity index (χ0) is 14.2. The van der Waals surface area contributed by atoms with Gasteiger partial charge in [0.2, 0.25) is 5.88 Å². The topological polar surface area (TPSA) is 76.9 Å². The third kappa shape index (κ3) is 2.67. The molecule has 0 saturated carbocycles. The van der Waals surface area contributed by atoms with Gasteiger partial charge in [0.25, 0.3) is 0 Å². The predicted molar refractivity (Wildman–Crippen MR) is 75.5 cm³/mol. The second-order valence-electron chi connectivity index (χ2n) is 3.98. The van der Waals surface area contributed by atoms with Crippen LogP contribution in [-0.2, 0) is 7.05 Å². The van der Waals surface area contributed by atoms with Crippen molar-refractivity contribution in [3.63, 3.8) is 0 Å². The maximum atomic E-state index is 7.58. The smallest absolute Gasteiger partial charge is 0.228 e. The molecule has 1 aromatic carbocycles. The van der Waals surface area contributed by atoms with Crippen LogP contribution in [0.3, 0.4) is 0 Å². The minimum atomic E-state index is -0.112. The van der Waals surface area contributed by atoms with Gasteiger partial charge in [0.15, 0.2) is 0 Å². The summed E-state index contributed by atoms with van der Waals surface area (Å²) in [6.07, 6.45) is 0. The number of benzene rings is 1. The summed E-state index contributed by atoms with van der Waals surface area (Å²) in [5.41, 5.74) is 6.60. The Morgan fingerprint density at radius 1 is 1.42 bits per heavy atom. The van der Waals surface area contributed by atoms with Crippen LogP contribution in [0.5, 0.6) is 11.6 Å². The second-order valence-corrected chi connectivity index (χ2v) is 4.82. The van der Waals surface area contributed by atoms with Crippen LogP contribution >= 0.6 is 23.2 Å². The van der Waals surface area contributed by atoms with Crippen molar-refractivity contribution in [3.05, 3.63) is 39.5 Å². The Morgan fingerprint density at radius 3 is 2.74 bits per heavy atom. The maximum absolute atomic E-state index is 7.58. The molecule has 0 bridgehead atoms. The van der Waals surface area contributed by atoms with Gasteiger partial charge in [0.05, 0.1) is 10.7 Å². The van der Waals surface area contributed by atoms with E-state index in [0.29, 0.717) is 32.9 Å². The normalized spacial score (nSPS) is 10.5. The first-order valence-electron chi connectivity index (χ1n) is 5.41. The number of rotatable bonds is 3. The fourth-order valence-electron chi connectivity index (χ4n) is 1.72. The Morgan fingerprint density at radius 2 is 2.11 bits per heavy atom. The van der Waals surface area contributed by atoms with Gasteiger partial charge in [-0.1, -0.05) is 23.2 Å². The second kappa shape index (κ2) is 5.11. The molecule has 2 aromatic rings. The van der Waals surface area contributed by atoms with Gasteiger partial charge in [-0.25, -0.2) is 4.68 Å². The zero-order valence-electron chi connectivity index (χ0n) is 10.4. The SMILES string of the molecule is Cc1nn(C)c(Oc2cc(Cl)ccc2Cl)c1C(=N)N. The Hall–Kier alpha value is -1.72. The number of hydrogen-bond donors (Lipinski definition) is 2. The van der Waals surface area contributed by atoms with E-state index in [1.807, 2.05) is 0 Å². The molecule has 2 rings (SSSR count). The van der Waals surface area contributed by atoms with Crippen molar-refractivity contribution in [1.29, 1.82) is 5.41 Å². The van der Waals surface area contributed by atoms with E-state index in [2.05, 4.69) is 5.10 Å². The van der Waals surface area contributed by atoms with Crippen LogP contribution < -0.4 is 10.5 Å². The number of amidine groups is 1. The van der Waals surface area contributed by atoms with E-state index in [9.17, 15) is 0 Å². The molecule has 100 valence electrons. The number of nitrogen functional groups attached to an aromatic ring is 1. The Kier molecular flexibility index (Phi) is 3.68. The Bertz CT molecular complexity index is 651. The molecule has 0 aliphatic rings. The number of ether oxygens (including phenoxy) is 1. The van der Waals surface area contributed by atoms with Crippen LogP contribution in [0.1, 0.15) is 11.3 Å². The minimum absolute atomic E-state index is 0.112. The summed E-state index contributed by atoms with van der Waals surface area (Å²) < 4.78 is 7.20. The fraction of sp³-hybridized carbons (Fsp3) is 0.167. The molecule has 0 aliphatic heterocycles. The average molecular weight is 299 g/mol. The molecule has 0 atom stereocenters. The van der Waals surface area contributed by atoms with Crippen LogP contribution in [0, 0.1) is 12.3 Å². The lowest BCUT2D eigenvalue weighted by Gasteiger charge is -2.09. The number of aromatic nitrogens is 2. The highest BCUT2D eigenvalue weighted by atomic mass is 35.5. The van der Waals surface area contributed by atoms with Crippen LogP contribution in [0.2, 0.25) is 10.0 Å². The first-order chi connectivity index (χ1) is 8.90. The molecule has 19 heavy (non-hydrogen) atoms. The molecule has 5 nitrogen and oxygen atoms in total. The highest BCUT2D eigenvalue weighted by molar-refractivity contribution is 6.34. The van der Waals surface area contributed by atoms with E-state index in [4.69, 9.17) is 39.1 Å². The van der Waals surface area contributed by atoms with Gasteiger partial charge in [-0.3, -0.25) is 5.41 Å². The van der Waals surface area contributed by atoms with Gasteiger partial charge in [-0.05, 0) is 19.1 Å².